The Kier molecular flexibility index (Phi) is 3.71. The second-order valence-electron chi connectivity index (χ2n) is 4.90. The molecule has 0 spiro atoms. The lowest BCUT2D eigenvalue weighted by atomic mass is 9.99. The van der Waals surface area contributed by atoms with Crippen LogP contribution in [0, 0.1) is 0 Å². The van der Waals surface area contributed by atoms with Crippen LogP contribution < -0.4 is 5.73 Å². The summed E-state index contributed by atoms with van der Waals surface area (Å²) < 4.78 is 0.860. The number of aromatic nitrogens is 1. The normalized spacial score (nSPS) is 10.7. The summed E-state index contributed by atoms with van der Waals surface area (Å²) in [5.74, 6) is -0.00171. The fourth-order valence-electron chi connectivity index (χ4n) is 2.33. The van der Waals surface area contributed by atoms with E-state index in [1.165, 1.54) is 0 Å². The van der Waals surface area contributed by atoms with E-state index in [9.17, 15) is 4.79 Å². The number of halogens is 1. The van der Waals surface area contributed by atoms with E-state index in [0.29, 0.717) is 11.3 Å². The number of carbonyl (C=O) groups is 1. The highest BCUT2D eigenvalue weighted by Crippen LogP contribution is 2.23. The Morgan fingerprint density at radius 2 is 1.81 bits per heavy atom. The Balaban J connectivity index is 1.96. The van der Waals surface area contributed by atoms with Gasteiger partial charge in [0.05, 0.1) is 0 Å². The van der Waals surface area contributed by atoms with Gasteiger partial charge in [-0.05, 0) is 50.5 Å². The van der Waals surface area contributed by atoms with Crippen molar-refractivity contribution in [1.82, 2.24) is 4.98 Å². The van der Waals surface area contributed by atoms with E-state index in [2.05, 4.69) is 20.9 Å². The van der Waals surface area contributed by atoms with Gasteiger partial charge >= 0.3 is 0 Å². The fourth-order valence-corrected chi connectivity index (χ4v) is 2.74. The molecule has 0 saturated carbocycles. The first-order valence-electron chi connectivity index (χ1n) is 6.54. The molecule has 21 heavy (non-hydrogen) atoms. The van der Waals surface area contributed by atoms with Crippen molar-refractivity contribution in [3.63, 3.8) is 0 Å². The first-order valence-corrected chi connectivity index (χ1v) is 7.34. The topological polar surface area (TPSA) is 56.0 Å². The molecule has 104 valence electrons. The van der Waals surface area contributed by atoms with Crippen molar-refractivity contribution in [3.05, 3.63) is 70.5 Å². The minimum Gasteiger partial charge on any atom is -0.398 e. The van der Waals surface area contributed by atoms with Crippen molar-refractivity contribution in [2.75, 3.05) is 5.73 Å². The summed E-state index contributed by atoms with van der Waals surface area (Å²) in [7, 11) is 0. The molecule has 3 aromatic rings. The summed E-state index contributed by atoms with van der Waals surface area (Å²) in [4.78, 5) is 16.5. The van der Waals surface area contributed by atoms with Crippen LogP contribution in [0.1, 0.15) is 15.9 Å². The van der Waals surface area contributed by atoms with Crippen LogP contribution in [0.2, 0.25) is 0 Å². The predicted octanol–water partition coefficient (Wildman–Crippen LogP) is 4.00. The maximum Gasteiger partial charge on any atom is 0.169 e. The number of anilines is 1. The largest absolute Gasteiger partial charge is 0.398 e. The van der Waals surface area contributed by atoms with Gasteiger partial charge in [0.2, 0.25) is 0 Å². The maximum atomic E-state index is 12.5. The van der Waals surface area contributed by atoms with Crippen molar-refractivity contribution in [3.8, 4) is 0 Å². The lowest BCUT2D eigenvalue weighted by Gasteiger charge is -2.07. The monoisotopic (exact) mass is 340 g/mol. The molecule has 0 bridgehead atoms. The molecule has 4 heteroatoms. The van der Waals surface area contributed by atoms with Crippen molar-refractivity contribution in [1.29, 1.82) is 0 Å². The summed E-state index contributed by atoms with van der Waals surface area (Å²) in [6.07, 6.45) is 3.67. The highest BCUT2D eigenvalue weighted by atomic mass is 79.9. The second kappa shape index (κ2) is 5.66. The van der Waals surface area contributed by atoms with E-state index in [-0.39, 0.29) is 12.2 Å². The molecular formula is C17H13BrN2O. The van der Waals surface area contributed by atoms with E-state index >= 15 is 0 Å². The Morgan fingerprint density at radius 1 is 1.10 bits per heavy atom. The van der Waals surface area contributed by atoms with Crippen LogP contribution >= 0.6 is 15.9 Å². The number of nitrogens with two attached hydrogens (primary N) is 1. The predicted molar refractivity (Wildman–Crippen MR) is 88.3 cm³/mol. The molecule has 0 fully saturated rings. The van der Waals surface area contributed by atoms with Gasteiger partial charge in [0.15, 0.2) is 5.78 Å². The molecule has 2 aromatic carbocycles. The van der Waals surface area contributed by atoms with E-state index in [1.807, 2.05) is 42.5 Å². The minimum absolute atomic E-state index is 0.00171. The molecule has 0 radical (unpaired) electrons. The van der Waals surface area contributed by atoms with Gasteiger partial charge < -0.3 is 5.73 Å². The maximum absolute atomic E-state index is 12.5. The number of fused-ring (bicyclic) bond motifs is 1. The Bertz CT molecular complexity index is 830. The minimum atomic E-state index is -0.00171. The van der Waals surface area contributed by atoms with Crippen LogP contribution in [0.4, 0.5) is 5.69 Å². The van der Waals surface area contributed by atoms with E-state index in [1.54, 1.807) is 12.4 Å². The summed E-state index contributed by atoms with van der Waals surface area (Å²) in [5.41, 5.74) is 7.97. The van der Waals surface area contributed by atoms with Crippen LogP contribution in [0.3, 0.4) is 0 Å². The zero-order chi connectivity index (χ0) is 14.8. The molecule has 3 rings (SSSR count). The Hall–Kier alpha value is -2.20. The fraction of sp³-hybridized carbons (Fsp3) is 0.0588. The lowest BCUT2D eigenvalue weighted by molar-refractivity contribution is 0.0994. The SMILES string of the molecule is Nc1cc2ccccc2cc1C(=O)Cc1cncc(Br)c1. The zero-order valence-corrected chi connectivity index (χ0v) is 12.8. The molecule has 1 aromatic heterocycles. The number of hydrogen-bond donors (Lipinski definition) is 1. The molecule has 2 N–H and O–H groups in total. The summed E-state index contributed by atoms with van der Waals surface area (Å²) >= 11 is 3.36. The standard InChI is InChI=1S/C17H13BrN2O/c18-14-5-11(9-20-10-14)6-17(21)15-7-12-3-1-2-4-13(12)8-16(15)19/h1-5,7-10H,6,19H2. The highest BCUT2D eigenvalue weighted by Gasteiger charge is 2.12. The summed E-state index contributed by atoms with van der Waals surface area (Å²) in [6.45, 7) is 0. The third kappa shape index (κ3) is 2.95. The molecule has 0 unspecified atom stereocenters. The van der Waals surface area contributed by atoms with E-state index in [0.717, 1.165) is 20.8 Å². The van der Waals surface area contributed by atoms with Crippen molar-refractivity contribution < 1.29 is 4.79 Å². The number of Topliss-reactive ketones (excluding diaryl/α,β-unsaturated/α-hetero) is 1. The van der Waals surface area contributed by atoms with Gasteiger partial charge in [0.1, 0.15) is 0 Å². The first kappa shape index (κ1) is 13.8. The molecule has 0 saturated heterocycles. The number of nitrogens with zero attached hydrogens (tertiary/aromatic N) is 1. The summed E-state index contributed by atoms with van der Waals surface area (Å²) in [6, 6.07) is 13.5. The molecule has 3 nitrogen and oxygen atoms in total. The number of pyridine rings is 1. The molecule has 0 aliphatic heterocycles. The molecule has 1 heterocycles. The van der Waals surface area contributed by atoms with Gasteiger partial charge in [-0.1, -0.05) is 24.3 Å². The van der Waals surface area contributed by atoms with Gasteiger partial charge in [-0.25, -0.2) is 0 Å². The lowest BCUT2D eigenvalue weighted by Crippen LogP contribution is -2.07. The number of carbonyl (C=O) groups excluding carboxylic acids is 1. The van der Waals surface area contributed by atoms with Crippen molar-refractivity contribution in [2.45, 2.75) is 6.42 Å². The smallest absolute Gasteiger partial charge is 0.169 e. The molecule has 0 amide bonds. The molecular weight excluding hydrogens is 328 g/mol. The molecule has 0 aliphatic rings. The van der Waals surface area contributed by atoms with E-state index < -0.39 is 0 Å². The average molecular weight is 341 g/mol. The summed E-state index contributed by atoms with van der Waals surface area (Å²) in [5, 5.41) is 2.05. The third-order valence-electron chi connectivity index (χ3n) is 3.34. The zero-order valence-electron chi connectivity index (χ0n) is 11.2. The van der Waals surface area contributed by atoms with Crippen LogP contribution in [0.25, 0.3) is 10.8 Å². The molecule has 0 aliphatic carbocycles. The second-order valence-corrected chi connectivity index (χ2v) is 5.81. The van der Waals surface area contributed by atoms with Gasteiger partial charge in [0, 0.05) is 34.5 Å². The quantitative estimate of drug-likeness (QED) is 0.579. The van der Waals surface area contributed by atoms with Gasteiger partial charge in [0.25, 0.3) is 0 Å². The number of hydrogen-bond acceptors (Lipinski definition) is 3. The number of nitrogen functional groups attached to an aromatic ring is 1. The number of ketones is 1. The first-order chi connectivity index (χ1) is 10.1. The van der Waals surface area contributed by atoms with Crippen LogP contribution in [0.5, 0.6) is 0 Å². The Morgan fingerprint density at radius 3 is 2.52 bits per heavy atom. The number of benzene rings is 2. The van der Waals surface area contributed by atoms with Crippen LogP contribution in [-0.4, -0.2) is 10.8 Å². The van der Waals surface area contributed by atoms with E-state index in [4.69, 9.17) is 5.73 Å². The molecule has 0 atom stereocenters. The van der Waals surface area contributed by atoms with Crippen LogP contribution in [-0.2, 0) is 6.42 Å². The van der Waals surface area contributed by atoms with Crippen LogP contribution in [0.15, 0.2) is 59.3 Å². The average Bonchev–Trinajstić information content (AvgIpc) is 2.46. The third-order valence-corrected chi connectivity index (χ3v) is 3.78. The Labute approximate surface area is 130 Å². The van der Waals surface area contributed by atoms with Gasteiger partial charge in [-0.15, -0.1) is 0 Å². The van der Waals surface area contributed by atoms with Gasteiger partial charge in [-0.2, -0.15) is 0 Å². The number of rotatable bonds is 3. The van der Waals surface area contributed by atoms with Crippen molar-refractivity contribution >= 4 is 38.2 Å². The highest BCUT2D eigenvalue weighted by molar-refractivity contribution is 9.10. The van der Waals surface area contributed by atoms with Gasteiger partial charge in [-0.3, -0.25) is 9.78 Å². The van der Waals surface area contributed by atoms with Crippen molar-refractivity contribution in [2.24, 2.45) is 0 Å².